The molecule has 1 amide bonds. The van der Waals surface area contributed by atoms with Crippen LogP contribution in [0.15, 0.2) is 23.2 Å². The van der Waals surface area contributed by atoms with Crippen molar-refractivity contribution in [1.29, 1.82) is 0 Å². The summed E-state index contributed by atoms with van der Waals surface area (Å²) in [7, 11) is -3.21. The third-order valence-electron chi connectivity index (χ3n) is 5.53. The number of nitrogens with zero attached hydrogens (tertiary/aromatic N) is 2. The summed E-state index contributed by atoms with van der Waals surface area (Å²) in [5.74, 6) is 0.352. The summed E-state index contributed by atoms with van der Waals surface area (Å²) in [6, 6.07) is 5.23. The first-order valence-electron chi connectivity index (χ1n) is 9.42. The number of hydrogen-bond acceptors (Lipinski definition) is 7. The number of carbonyl (C=O) groups excluding carboxylic acids is 1. The van der Waals surface area contributed by atoms with Crippen molar-refractivity contribution in [1.82, 2.24) is 10.3 Å². The Morgan fingerprint density at radius 3 is 2.86 bits per heavy atom. The molecule has 1 aliphatic heterocycles. The van der Waals surface area contributed by atoms with Crippen LogP contribution in [0.3, 0.4) is 0 Å². The van der Waals surface area contributed by atoms with Gasteiger partial charge in [-0.15, -0.1) is 23.1 Å². The number of benzene rings is 1. The molecule has 1 aromatic heterocycles. The zero-order chi connectivity index (χ0) is 20.8. The summed E-state index contributed by atoms with van der Waals surface area (Å²) in [6.07, 6.45) is 4.18. The van der Waals surface area contributed by atoms with E-state index >= 15 is 0 Å². The minimum Gasteiger partial charge on any atom is -0.354 e. The van der Waals surface area contributed by atoms with Gasteiger partial charge < -0.3 is 5.32 Å². The average Bonchev–Trinajstić information content (AvgIpc) is 3.10. The average molecular weight is 472 g/mol. The fourth-order valence-electron chi connectivity index (χ4n) is 3.32. The van der Waals surface area contributed by atoms with Crippen LogP contribution in [-0.4, -0.2) is 54.2 Å². The number of sulfone groups is 1. The summed E-state index contributed by atoms with van der Waals surface area (Å²) >= 11 is 9.12. The van der Waals surface area contributed by atoms with Crippen molar-refractivity contribution in [3.8, 4) is 0 Å². The molecule has 29 heavy (non-hydrogen) atoms. The molecule has 2 aromatic rings. The number of hydrogen-bond donors (Lipinski definition) is 1. The van der Waals surface area contributed by atoms with Crippen molar-refractivity contribution in [3.05, 3.63) is 28.2 Å². The molecule has 1 saturated carbocycles. The maximum absolute atomic E-state index is 12.5. The number of aromatic nitrogens is 1. The molecule has 0 bridgehead atoms. The third kappa shape index (κ3) is 4.47. The van der Waals surface area contributed by atoms with Crippen molar-refractivity contribution in [2.75, 3.05) is 18.6 Å². The van der Waals surface area contributed by atoms with Crippen molar-refractivity contribution >= 4 is 65.7 Å². The Labute approximate surface area is 183 Å². The molecule has 1 aromatic carbocycles. The molecule has 0 radical (unpaired) electrons. The smallest absolute Gasteiger partial charge is 0.245 e. The Bertz CT molecular complexity index is 1090. The van der Waals surface area contributed by atoms with Gasteiger partial charge in [-0.05, 0) is 44.4 Å². The van der Waals surface area contributed by atoms with Gasteiger partial charge in [-0.25, -0.2) is 13.4 Å². The van der Waals surface area contributed by atoms with Crippen LogP contribution in [0.5, 0.6) is 0 Å². The van der Waals surface area contributed by atoms with E-state index in [1.165, 1.54) is 18.0 Å². The summed E-state index contributed by atoms with van der Waals surface area (Å²) in [6.45, 7) is 2.17. The first-order valence-corrected chi connectivity index (χ1v) is 13.6. The van der Waals surface area contributed by atoms with E-state index < -0.39 is 21.1 Å². The number of carbonyl (C=O) groups is 1. The molecule has 2 aliphatic rings. The van der Waals surface area contributed by atoms with Gasteiger partial charge in [0.05, 0.1) is 15.3 Å². The lowest BCUT2D eigenvalue weighted by atomic mass is 10.0. The summed E-state index contributed by atoms with van der Waals surface area (Å²) in [5, 5.41) is 4.67. The Balaban J connectivity index is 1.35. The number of nitrogens with one attached hydrogen (secondary N) is 1. The van der Waals surface area contributed by atoms with Crippen molar-refractivity contribution < 1.29 is 13.2 Å². The molecule has 0 saturated heterocycles. The standard InChI is InChI=1S/C19H22ClN3O3S3/c1-11(29(2,25)26)17-22-14(10-27-17)16(24)21-8-7-19(5-6-19)18-23-13-4-3-12(20)9-15(13)28-18/h3-4,9,11,14H,5-8,10H2,1-2H3,(H,21,24). The second kappa shape index (κ2) is 7.83. The van der Waals surface area contributed by atoms with E-state index in [2.05, 4.69) is 10.3 Å². The topological polar surface area (TPSA) is 88.5 Å². The number of thioether (sulfide) groups is 1. The quantitative estimate of drug-likeness (QED) is 0.668. The number of thiazole rings is 1. The van der Waals surface area contributed by atoms with Gasteiger partial charge in [-0.1, -0.05) is 11.6 Å². The predicted octanol–water partition coefficient (Wildman–Crippen LogP) is 3.43. The lowest BCUT2D eigenvalue weighted by Crippen LogP contribution is -2.35. The first-order chi connectivity index (χ1) is 13.7. The molecule has 1 N–H and O–H groups in total. The molecule has 2 heterocycles. The Hall–Kier alpha value is -1.16. The van der Waals surface area contributed by atoms with Gasteiger partial charge in [0.25, 0.3) is 0 Å². The molecule has 10 heteroatoms. The number of aliphatic imine (C=N–C) groups is 1. The Kier molecular flexibility index (Phi) is 5.69. The van der Waals surface area contributed by atoms with Gasteiger partial charge in [0, 0.05) is 29.0 Å². The molecule has 156 valence electrons. The SMILES string of the molecule is CC(C1=NC(C(=O)NCCC2(c3nc4ccc(Cl)cc4s3)CC2)CS1)S(C)(=O)=O. The zero-order valence-electron chi connectivity index (χ0n) is 16.1. The van der Waals surface area contributed by atoms with Crippen LogP contribution in [0.1, 0.15) is 31.2 Å². The van der Waals surface area contributed by atoms with E-state index in [0.717, 1.165) is 34.5 Å². The second-order valence-electron chi connectivity index (χ2n) is 7.72. The maximum Gasteiger partial charge on any atom is 0.245 e. The van der Waals surface area contributed by atoms with Gasteiger partial charge in [0.15, 0.2) is 9.84 Å². The minimum atomic E-state index is -3.21. The van der Waals surface area contributed by atoms with Crippen molar-refractivity contribution in [3.63, 3.8) is 0 Å². The van der Waals surface area contributed by atoms with Gasteiger partial charge in [-0.3, -0.25) is 9.79 Å². The van der Waals surface area contributed by atoms with Crippen molar-refractivity contribution in [2.24, 2.45) is 4.99 Å². The molecule has 2 unspecified atom stereocenters. The lowest BCUT2D eigenvalue weighted by molar-refractivity contribution is -0.121. The highest BCUT2D eigenvalue weighted by molar-refractivity contribution is 8.15. The number of halogens is 1. The van der Waals surface area contributed by atoms with E-state index in [1.54, 1.807) is 18.3 Å². The third-order valence-corrected chi connectivity index (χ3v) is 9.92. The molecule has 6 nitrogen and oxygen atoms in total. The number of rotatable bonds is 7. The van der Waals surface area contributed by atoms with Crippen LogP contribution in [-0.2, 0) is 20.0 Å². The van der Waals surface area contributed by atoms with E-state index in [9.17, 15) is 13.2 Å². The van der Waals surface area contributed by atoms with E-state index in [1.807, 2.05) is 18.2 Å². The first kappa shape index (κ1) is 21.1. The Morgan fingerprint density at radius 2 is 2.17 bits per heavy atom. The highest BCUT2D eigenvalue weighted by Gasteiger charge is 2.46. The highest BCUT2D eigenvalue weighted by Crippen LogP contribution is 2.52. The summed E-state index contributed by atoms with van der Waals surface area (Å²) in [4.78, 5) is 21.6. The molecular formula is C19H22ClN3O3S3. The molecule has 4 rings (SSSR count). The van der Waals surface area contributed by atoms with Crippen LogP contribution >= 0.6 is 34.7 Å². The molecule has 0 spiro atoms. The fraction of sp³-hybridized carbons (Fsp3) is 0.526. The maximum atomic E-state index is 12.5. The van der Waals surface area contributed by atoms with E-state index in [0.29, 0.717) is 22.4 Å². The number of amides is 1. The van der Waals surface area contributed by atoms with Gasteiger partial charge in [0.2, 0.25) is 5.91 Å². The van der Waals surface area contributed by atoms with Gasteiger partial charge in [-0.2, -0.15) is 0 Å². The zero-order valence-corrected chi connectivity index (χ0v) is 19.3. The number of fused-ring (bicyclic) bond motifs is 1. The molecule has 1 fully saturated rings. The summed E-state index contributed by atoms with van der Waals surface area (Å²) < 4.78 is 24.5. The van der Waals surface area contributed by atoms with Crippen LogP contribution in [0.4, 0.5) is 0 Å². The molecular weight excluding hydrogens is 450 g/mol. The molecule has 1 aliphatic carbocycles. The Morgan fingerprint density at radius 1 is 1.41 bits per heavy atom. The molecule has 2 atom stereocenters. The van der Waals surface area contributed by atoms with Crippen LogP contribution in [0.25, 0.3) is 10.2 Å². The van der Waals surface area contributed by atoms with Crippen LogP contribution in [0, 0.1) is 0 Å². The summed E-state index contributed by atoms with van der Waals surface area (Å²) in [5.41, 5.74) is 1.02. The second-order valence-corrected chi connectivity index (χ2v) is 12.6. The lowest BCUT2D eigenvalue weighted by Gasteiger charge is -2.13. The monoisotopic (exact) mass is 471 g/mol. The van der Waals surface area contributed by atoms with Gasteiger partial charge >= 0.3 is 0 Å². The van der Waals surface area contributed by atoms with E-state index in [4.69, 9.17) is 16.6 Å². The fourth-order valence-corrected chi connectivity index (χ4v) is 6.98. The van der Waals surface area contributed by atoms with Crippen LogP contribution in [0.2, 0.25) is 5.02 Å². The predicted molar refractivity (Wildman–Crippen MR) is 121 cm³/mol. The minimum absolute atomic E-state index is 0.0487. The van der Waals surface area contributed by atoms with Gasteiger partial charge in [0.1, 0.15) is 16.3 Å². The van der Waals surface area contributed by atoms with Crippen molar-refractivity contribution in [2.45, 2.75) is 42.9 Å². The van der Waals surface area contributed by atoms with Crippen LogP contribution < -0.4 is 5.32 Å². The normalized spacial score (nSPS) is 21.8. The highest BCUT2D eigenvalue weighted by atomic mass is 35.5. The van der Waals surface area contributed by atoms with E-state index in [-0.39, 0.29) is 11.3 Å². The largest absolute Gasteiger partial charge is 0.354 e.